The molecule has 2 rings (SSSR count). The van der Waals surface area contributed by atoms with Crippen molar-refractivity contribution in [2.24, 2.45) is 5.73 Å². The van der Waals surface area contributed by atoms with E-state index < -0.39 is 0 Å². The van der Waals surface area contributed by atoms with E-state index in [4.69, 9.17) is 10.5 Å². The highest BCUT2D eigenvalue weighted by atomic mass is 79.9. The number of benzene rings is 1. The number of nitrogens with zero attached hydrogens (tertiary/aromatic N) is 1. The number of ether oxygens (including phenoxy) is 1. The second kappa shape index (κ2) is 5.38. The Kier molecular flexibility index (Phi) is 4.07. The SMILES string of the molecule is C[C@@H](N)c1ccc(N(C)C2CCOC2)c(Br)c1. The van der Waals surface area contributed by atoms with Crippen LogP contribution in [0.3, 0.4) is 0 Å². The Bertz CT molecular complexity index is 389. The van der Waals surface area contributed by atoms with E-state index in [9.17, 15) is 0 Å². The highest BCUT2D eigenvalue weighted by Crippen LogP contribution is 2.30. The second-order valence-corrected chi connectivity index (χ2v) is 5.48. The average molecular weight is 299 g/mol. The zero-order chi connectivity index (χ0) is 12.4. The lowest BCUT2D eigenvalue weighted by Crippen LogP contribution is -2.32. The molecule has 94 valence electrons. The van der Waals surface area contributed by atoms with Crippen molar-refractivity contribution >= 4 is 21.6 Å². The van der Waals surface area contributed by atoms with Crippen LogP contribution in [0.2, 0.25) is 0 Å². The molecule has 17 heavy (non-hydrogen) atoms. The summed E-state index contributed by atoms with van der Waals surface area (Å²) in [5.74, 6) is 0. The van der Waals surface area contributed by atoms with Crippen LogP contribution in [0.4, 0.5) is 5.69 Å². The van der Waals surface area contributed by atoms with E-state index in [-0.39, 0.29) is 6.04 Å². The fraction of sp³-hybridized carbons (Fsp3) is 0.538. The Morgan fingerprint density at radius 3 is 2.82 bits per heavy atom. The smallest absolute Gasteiger partial charge is 0.0670 e. The second-order valence-electron chi connectivity index (χ2n) is 4.63. The molecule has 2 atom stereocenters. The van der Waals surface area contributed by atoms with Crippen molar-refractivity contribution in [3.8, 4) is 0 Å². The van der Waals surface area contributed by atoms with E-state index in [0.29, 0.717) is 6.04 Å². The first-order valence-corrected chi connectivity index (χ1v) is 6.74. The zero-order valence-corrected chi connectivity index (χ0v) is 11.9. The number of hydrogen-bond donors (Lipinski definition) is 1. The van der Waals surface area contributed by atoms with Crippen LogP contribution in [0.1, 0.15) is 24.9 Å². The number of rotatable bonds is 3. The molecule has 4 heteroatoms. The molecule has 1 aromatic rings. The van der Waals surface area contributed by atoms with Gasteiger partial charge >= 0.3 is 0 Å². The molecule has 1 aromatic carbocycles. The quantitative estimate of drug-likeness (QED) is 0.932. The Hall–Kier alpha value is -0.580. The van der Waals surface area contributed by atoms with Gasteiger partial charge in [-0.2, -0.15) is 0 Å². The highest BCUT2D eigenvalue weighted by molar-refractivity contribution is 9.10. The summed E-state index contributed by atoms with van der Waals surface area (Å²) in [6, 6.07) is 6.87. The van der Waals surface area contributed by atoms with Gasteiger partial charge in [0, 0.05) is 24.2 Å². The Morgan fingerprint density at radius 2 is 2.29 bits per heavy atom. The third-order valence-electron chi connectivity index (χ3n) is 3.33. The molecule has 2 N–H and O–H groups in total. The molecule has 3 nitrogen and oxygen atoms in total. The molecule has 0 radical (unpaired) electrons. The third-order valence-corrected chi connectivity index (χ3v) is 3.97. The Balaban J connectivity index is 2.20. The summed E-state index contributed by atoms with van der Waals surface area (Å²) in [4.78, 5) is 2.28. The lowest BCUT2D eigenvalue weighted by molar-refractivity contribution is 0.193. The van der Waals surface area contributed by atoms with Crippen molar-refractivity contribution in [2.45, 2.75) is 25.4 Å². The van der Waals surface area contributed by atoms with Crippen LogP contribution in [0.15, 0.2) is 22.7 Å². The summed E-state index contributed by atoms with van der Waals surface area (Å²) in [5.41, 5.74) is 8.23. The van der Waals surface area contributed by atoms with Crippen LogP contribution in [0.25, 0.3) is 0 Å². The molecule has 1 aliphatic rings. The third kappa shape index (κ3) is 2.81. The van der Waals surface area contributed by atoms with Gasteiger partial charge in [-0.1, -0.05) is 6.07 Å². The largest absolute Gasteiger partial charge is 0.379 e. The van der Waals surface area contributed by atoms with Gasteiger partial charge in [-0.15, -0.1) is 0 Å². The summed E-state index contributed by atoms with van der Waals surface area (Å²) in [6.07, 6.45) is 1.10. The van der Waals surface area contributed by atoms with Crippen LogP contribution >= 0.6 is 15.9 Å². The molecule has 1 aliphatic heterocycles. The summed E-state index contributed by atoms with van der Waals surface area (Å²) in [5, 5.41) is 0. The van der Waals surface area contributed by atoms with Crippen molar-refractivity contribution in [3.05, 3.63) is 28.2 Å². The van der Waals surface area contributed by atoms with Gasteiger partial charge in [0.1, 0.15) is 0 Å². The average Bonchev–Trinajstić information content (AvgIpc) is 2.81. The van der Waals surface area contributed by atoms with Crippen LogP contribution < -0.4 is 10.6 Å². The highest BCUT2D eigenvalue weighted by Gasteiger charge is 2.22. The predicted octanol–water partition coefficient (Wildman–Crippen LogP) is 2.69. The summed E-state index contributed by atoms with van der Waals surface area (Å²) >= 11 is 3.63. The van der Waals surface area contributed by atoms with E-state index >= 15 is 0 Å². The molecule has 0 spiro atoms. The molecule has 0 amide bonds. The molecule has 1 heterocycles. The molecule has 0 saturated carbocycles. The minimum Gasteiger partial charge on any atom is -0.379 e. The standard InChI is InChI=1S/C13H19BrN2O/c1-9(15)10-3-4-13(12(14)7-10)16(2)11-5-6-17-8-11/h3-4,7,9,11H,5-6,8,15H2,1-2H3/t9-,11?/m1/s1. The van der Waals surface area contributed by atoms with Gasteiger partial charge in [0.25, 0.3) is 0 Å². The van der Waals surface area contributed by atoms with Gasteiger partial charge in [0.2, 0.25) is 0 Å². The lowest BCUT2D eigenvalue weighted by atomic mass is 10.1. The van der Waals surface area contributed by atoms with Crippen molar-refractivity contribution in [1.29, 1.82) is 0 Å². The van der Waals surface area contributed by atoms with E-state index in [2.05, 4.69) is 46.1 Å². The number of likely N-dealkylation sites (N-methyl/N-ethyl adjacent to an activating group) is 1. The maximum atomic E-state index is 5.88. The van der Waals surface area contributed by atoms with Crippen molar-refractivity contribution in [3.63, 3.8) is 0 Å². The molecule has 1 fully saturated rings. The molecule has 1 saturated heterocycles. The van der Waals surface area contributed by atoms with Gasteiger partial charge in [-0.3, -0.25) is 0 Å². The Labute approximate surface area is 111 Å². The minimum absolute atomic E-state index is 0.0699. The van der Waals surface area contributed by atoms with Crippen LogP contribution in [-0.4, -0.2) is 26.3 Å². The lowest BCUT2D eigenvalue weighted by Gasteiger charge is -2.27. The number of hydrogen-bond acceptors (Lipinski definition) is 3. The minimum atomic E-state index is 0.0699. The Morgan fingerprint density at radius 1 is 1.53 bits per heavy atom. The summed E-state index contributed by atoms with van der Waals surface area (Å²) in [7, 11) is 2.12. The number of anilines is 1. The van der Waals surface area contributed by atoms with Gasteiger partial charge in [0.15, 0.2) is 0 Å². The van der Waals surface area contributed by atoms with Crippen LogP contribution in [-0.2, 0) is 4.74 Å². The van der Waals surface area contributed by atoms with Gasteiger partial charge in [0.05, 0.1) is 18.3 Å². The monoisotopic (exact) mass is 298 g/mol. The van der Waals surface area contributed by atoms with Gasteiger partial charge < -0.3 is 15.4 Å². The molecular weight excluding hydrogens is 280 g/mol. The van der Waals surface area contributed by atoms with Crippen molar-refractivity contribution in [2.75, 3.05) is 25.2 Å². The predicted molar refractivity (Wildman–Crippen MR) is 74.4 cm³/mol. The van der Waals surface area contributed by atoms with Gasteiger partial charge in [-0.25, -0.2) is 0 Å². The summed E-state index contributed by atoms with van der Waals surface area (Å²) in [6.45, 7) is 3.68. The van der Waals surface area contributed by atoms with Crippen LogP contribution in [0.5, 0.6) is 0 Å². The van der Waals surface area contributed by atoms with E-state index in [1.165, 1.54) is 5.69 Å². The van der Waals surface area contributed by atoms with Crippen LogP contribution in [0, 0.1) is 0 Å². The molecule has 0 aromatic heterocycles. The molecule has 0 bridgehead atoms. The van der Waals surface area contributed by atoms with E-state index in [1.54, 1.807) is 0 Å². The normalized spacial score (nSPS) is 21.5. The molecule has 1 unspecified atom stereocenters. The number of halogens is 1. The first-order chi connectivity index (χ1) is 8.09. The van der Waals surface area contributed by atoms with Crippen molar-refractivity contribution < 1.29 is 4.74 Å². The summed E-state index contributed by atoms with van der Waals surface area (Å²) < 4.78 is 6.52. The fourth-order valence-corrected chi connectivity index (χ4v) is 2.79. The fourth-order valence-electron chi connectivity index (χ4n) is 2.12. The van der Waals surface area contributed by atoms with Gasteiger partial charge in [-0.05, 0) is 47.0 Å². The topological polar surface area (TPSA) is 38.5 Å². The van der Waals surface area contributed by atoms with E-state index in [0.717, 1.165) is 29.7 Å². The zero-order valence-electron chi connectivity index (χ0n) is 10.3. The maximum absolute atomic E-state index is 5.88. The van der Waals surface area contributed by atoms with E-state index in [1.807, 2.05) is 6.92 Å². The maximum Gasteiger partial charge on any atom is 0.0670 e. The first-order valence-electron chi connectivity index (χ1n) is 5.95. The molecular formula is C13H19BrN2O. The molecule has 0 aliphatic carbocycles. The first kappa shape index (κ1) is 12.9. The number of nitrogens with two attached hydrogens (primary N) is 1. The van der Waals surface area contributed by atoms with Crippen molar-refractivity contribution in [1.82, 2.24) is 0 Å².